The zero-order valence-corrected chi connectivity index (χ0v) is 11.4. The normalized spacial score (nSPS) is 15.1. The van der Waals surface area contributed by atoms with E-state index < -0.39 is 11.1 Å². The third-order valence-electron chi connectivity index (χ3n) is 2.05. The molecule has 0 bridgehead atoms. The number of hydrogen-bond acceptors (Lipinski definition) is 1. The van der Waals surface area contributed by atoms with Crippen molar-refractivity contribution in [1.82, 2.24) is 0 Å². The molecule has 1 aromatic rings. The molecule has 1 aromatic carbocycles. The maximum atomic E-state index is 10.7. The zero-order valence-electron chi connectivity index (χ0n) is 8.27. The van der Waals surface area contributed by atoms with Gasteiger partial charge in [0.1, 0.15) is 0 Å². The van der Waals surface area contributed by atoms with Crippen molar-refractivity contribution in [3.8, 4) is 0 Å². The summed E-state index contributed by atoms with van der Waals surface area (Å²) in [5.74, 6) is 0. The number of rotatable bonds is 4. The molecule has 0 aliphatic rings. The van der Waals surface area contributed by atoms with Crippen LogP contribution in [0, 0.1) is 0 Å². The second kappa shape index (κ2) is 5.87. The molecule has 0 aliphatic heterocycles. The number of benzene rings is 1. The van der Waals surface area contributed by atoms with Gasteiger partial charge in [-0.25, -0.2) is 0 Å². The Bertz CT molecular complexity index is 310. The van der Waals surface area contributed by atoms with Crippen LogP contribution in [0.15, 0.2) is 29.2 Å². The van der Waals surface area contributed by atoms with Crippen molar-refractivity contribution in [3.05, 3.63) is 29.8 Å². The Hall–Kier alpha value is 0.120. The first-order valence-corrected chi connectivity index (χ1v) is 9.14. The van der Waals surface area contributed by atoms with Crippen LogP contribution in [0.25, 0.3) is 0 Å². The fourth-order valence-corrected chi connectivity index (χ4v) is 2.55. The Morgan fingerprint density at radius 1 is 1.43 bits per heavy atom. The molecule has 0 aliphatic carbocycles. The third-order valence-corrected chi connectivity index (χ3v) is 5.50. The summed E-state index contributed by atoms with van der Waals surface area (Å²) in [4.78, 5) is 2.78. The van der Waals surface area contributed by atoms with Crippen LogP contribution in [0.2, 0.25) is 8.94 Å². The van der Waals surface area contributed by atoms with E-state index in [-0.39, 0.29) is 20.9 Å². The molecule has 0 saturated carbocycles. The molecule has 78 valence electrons. The van der Waals surface area contributed by atoms with Gasteiger partial charge in [0.05, 0.1) is 0 Å². The third kappa shape index (κ3) is 3.70. The van der Waals surface area contributed by atoms with E-state index in [2.05, 4.69) is 11.9 Å². The number of hydrogen-bond donors (Lipinski definition) is 1. The summed E-state index contributed by atoms with van der Waals surface area (Å²) in [7, 11) is 0. The van der Waals surface area contributed by atoms with Gasteiger partial charge in [0, 0.05) is 0 Å². The summed E-state index contributed by atoms with van der Waals surface area (Å²) in [5.41, 5.74) is 1.26. The molecule has 4 heteroatoms. The van der Waals surface area contributed by atoms with Crippen LogP contribution in [0.5, 0.6) is 0 Å². The van der Waals surface area contributed by atoms with Crippen LogP contribution in [-0.4, -0.2) is 29.7 Å². The summed E-state index contributed by atoms with van der Waals surface area (Å²) >= 11 is -1.71. The van der Waals surface area contributed by atoms with Crippen molar-refractivity contribution < 1.29 is 8.76 Å². The SMILES string of the molecule is C[Te]C(C)Cc1ccc(S(=O)O)cc1. The van der Waals surface area contributed by atoms with Gasteiger partial charge in [0.25, 0.3) is 0 Å². The first-order valence-electron chi connectivity index (χ1n) is 4.36. The summed E-state index contributed by atoms with van der Waals surface area (Å²) in [6.45, 7) is 2.26. The van der Waals surface area contributed by atoms with E-state index in [1.165, 1.54) is 5.56 Å². The first-order chi connectivity index (χ1) is 6.63. The first kappa shape index (κ1) is 12.2. The topological polar surface area (TPSA) is 37.3 Å². The Balaban J connectivity index is 2.68. The molecule has 0 fully saturated rings. The molecule has 14 heavy (non-hydrogen) atoms. The van der Waals surface area contributed by atoms with Crippen LogP contribution in [-0.2, 0) is 17.5 Å². The molecule has 1 rings (SSSR count). The van der Waals surface area contributed by atoms with Crippen molar-refractivity contribution in [1.29, 1.82) is 0 Å². The van der Waals surface area contributed by atoms with Gasteiger partial charge >= 0.3 is 97.8 Å². The molecule has 0 radical (unpaired) electrons. The Morgan fingerprint density at radius 2 is 2.00 bits per heavy atom. The van der Waals surface area contributed by atoms with Gasteiger partial charge in [-0.05, 0) is 0 Å². The molecule has 0 saturated heterocycles. The average Bonchev–Trinajstić information content (AvgIpc) is 2.18. The van der Waals surface area contributed by atoms with Crippen LogP contribution < -0.4 is 0 Å². The van der Waals surface area contributed by atoms with E-state index in [1.54, 1.807) is 12.1 Å². The van der Waals surface area contributed by atoms with Crippen molar-refractivity contribution in [2.45, 2.75) is 27.2 Å². The van der Waals surface area contributed by atoms with E-state index >= 15 is 0 Å². The molecule has 0 amide bonds. The van der Waals surface area contributed by atoms with Gasteiger partial charge in [-0.2, -0.15) is 0 Å². The molecule has 2 unspecified atom stereocenters. The standard InChI is InChI=1S/C10H14O2STe/c1-8(14-2)7-9-3-5-10(6-4-9)13(11)12/h3-6,8H,7H2,1-2H3,(H,11,12). The van der Waals surface area contributed by atoms with Gasteiger partial charge < -0.3 is 0 Å². The molecule has 0 spiro atoms. The van der Waals surface area contributed by atoms with E-state index in [1.807, 2.05) is 12.1 Å². The zero-order chi connectivity index (χ0) is 10.6. The van der Waals surface area contributed by atoms with Crippen molar-refractivity contribution in [2.75, 3.05) is 0 Å². The summed E-state index contributed by atoms with van der Waals surface area (Å²) in [6.07, 6.45) is 1.09. The van der Waals surface area contributed by atoms with E-state index in [0.717, 1.165) is 10.4 Å². The second-order valence-electron chi connectivity index (χ2n) is 3.14. The minimum absolute atomic E-state index is 0.130. The predicted molar refractivity (Wildman–Crippen MR) is 60.2 cm³/mol. The van der Waals surface area contributed by atoms with E-state index in [0.29, 0.717) is 4.90 Å². The summed E-state index contributed by atoms with van der Waals surface area (Å²) in [5, 5.41) is 0. The summed E-state index contributed by atoms with van der Waals surface area (Å²) in [6, 6.07) is 7.36. The summed E-state index contributed by atoms with van der Waals surface area (Å²) < 4.78 is 20.3. The van der Waals surface area contributed by atoms with Crippen LogP contribution in [0.3, 0.4) is 0 Å². The Kier molecular flexibility index (Phi) is 5.11. The van der Waals surface area contributed by atoms with Crippen molar-refractivity contribution in [2.24, 2.45) is 0 Å². The predicted octanol–water partition coefficient (Wildman–Crippen LogP) is 2.37. The average molecular weight is 326 g/mol. The van der Waals surface area contributed by atoms with E-state index in [9.17, 15) is 4.21 Å². The van der Waals surface area contributed by atoms with E-state index in [4.69, 9.17) is 4.55 Å². The Morgan fingerprint density at radius 3 is 2.43 bits per heavy atom. The quantitative estimate of drug-likeness (QED) is 0.681. The van der Waals surface area contributed by atoms with Gasteiger partial charge in [0.15, 0.2) is 0 Å². The molecule has 2 nitrogen and oxygen atoms in total. The molecular formula is C10H14O2STe. The van der Waals surface area contributed by atoms with Gasteiger partial charge in [-0.15, -0.1) is 0 Å². The monoisotopic (exact) mass is 328 g/mol. The molecule has 2 atom stereocenters. The van der Waals surface area contributed by atoms with Crippen LogP contribution >= 0.6 is 0 Å². The molecule has 0 heterocycles. The van der Waals surface area contributed by atoms with Gasteiger partial charge in [0.2, 0.25) is 0 Å². The van der Waals surface area contributed by atoms with Crippen molar-refractivity contribution in [3.63, 3.8) is 0 Å². The van der Waals surface area contributed by atoms with Gasteiger partial charge in [-0.3, -0.25) is 0 Å². The fraction of sp³-hybridized carbons (Fsp3) is 0.400. The maximum absolute atomic E-state index is 10.7. The van der Waals surface area contributed by atoms with Crippen molar-refractivity contribution >= 4 is 32.0 Å². The fourth-order valence-electron chi connectivity index (χ4n) is 1.16. The van der Waals surface area contributed by atoms with Crippen LogP contribution in [0.1, 0.15) is 12.5 Å². The molecular weight excluding hydrogens is 312 g/mol. The molecule has 0 aromatic heterocycles. The Labute approximate surface area is 97.5 Å². The van der Waals surface area contributed by atoms with Crippen LogP contribution in [0.4, 0.5) is 0 Å². The second-order valence-corrected chi connectivity index (χ2v) is 7.76. The minimum atomic E-state index is -1.84. The van der Waals surface area contributed by atoms with Gasteiger partial charge in [-0.1, -0.05) is 0 Å². The molecule has 1 N–H and O–H groups in total.